The zero-order valence-electron chi connectivity index (χ0n) is 15.5. The van der Waals surface area contributed by atoms with Crippen LogP contribution in [-0.4, -0.2) is 20.6 Å². The van der Waals surface area contributed by atoms with Crippen LogP contribution < -0.4 is 9.62 Å². The van der Waals surface area contributed by atoms with Crippen molar-refractivity contribution in [3.8, 4) is 0 Å². The molecule has 0 aliphatic rings. The van der Waals surface area contributed by atoms with Crippen LogP contribution in [0.25, 0.3) is 0 Å². The Labute approximate surface area is 183 Å². The van der Waals surface area contributed by atoms with Crippen molar-refractivity contribution < 1.29 is 13.2 Å². The second kappa shape index (κ2) is 8.98. The third-order valence-corrected chi connectivity index (χ3v) is 6.54. The minimum absolute atomic E-state index is 0.174. The molecule has 3 rings (SSSR count). The highest BCUT2D eigenvalue weighted by Gasteiger charge is 2.18. The van der Waals surface area contributed by atoms with Crippen molar-refractivity contribution in [1.29, 1.82) is 0 Å². The van der Waals surface area contributed by atoms with Crippen LogP contribution in [0, 0.1) is 0 Å². The van der Waals surface area contributed by atoms with Gasteiger partial charge in [-0.25, -0.2) is 8.42 Å². The molecule has 0 aromatic heterocycles. The minimum atomic E-state index is -3.45. The molecule has 1 N–H and O–H groups in total. The Bertz CT molecular complexity index is 1120. The lowest BCUT2D eigenvalue weighted by atomic mass is 10.1. The molecule has 0 fully saturated rings. The molecule has 1 amide bonds. The molecule has 0 saturated carbocycles. The third kappa shape index (κ3) is 5.59. The highest BCUT2D eigenvalue weighted by molar-refractivity contribution is 9.10. The van der Waals surface area contributed by atoms with Gasteiger partial charge in [0.2, 0.25) is 10.0 Å². The van der Waals surface area contributed by atoms with Gasteiger partial charge in [-0.05, 0) is 64.0 Å². The number of halogens is 2. The largest absolute Gasteiger partial charge is 0.322 e. The summed E-state index contributed by atoms with van der Waals surface area (Å²) >= 11 is 9.36. The van der Waals surface area contributed by atoms with Crippen LogP contribution in [0.3, 0.4) is 0 Å². The smallest absolute Gasteiger partial charge is 0.255 e. The maximum absolute atomic E-state index is 12.5. The summed E-state index contributed by atoms with van der Waals surface area (Å²) in [5.41, 5.74) is 2.39. The number of benzene rings is 3. The van der Waals surface area contributed by atoms with Gasteiger partial charge in [0.25, 0.3) is 5.91 Å². The van der Waals surface area contributed by atoms with Crippen molar-refractivity contribution in [1.82, 2.24) is 0 Å². The molecular weight excluding hydrogens is 476 g/mol. The lowest BCUT2D eigenvalue weighted by molar-refractivity contribution is 0.102. The van der Waals surface area contributed by atoms with Gasteiger partial charge < -0.3 is 5.32 Å². The first-order valence-corrected chi connectivity index (χ1v) is 11.6. The average Bonchev–Trinajstić information content (AvgIpc) is 2.69. The maximum atomic E-state index is 12.5. The fourth-order valence-corrected chi connectivity index (χ4v) is 4.01. The summed E-state index contributed by atoms with van der Waals surface area (Å²) in [6.45, 7) is 0.174. The minimum Gasteiger partial charge on any atom is -0.322 e. The van der Waals surface area contributed by atoms with Crippen LogP contribution in [0.4, 0.5) is 11.4 Å². The van der Waals surface area contributed by atoms with Crippen LogP contribution in [0.1, 0.15) is 15.9 Å². The summed E-state index contributed by atoms with van der Waals surface area (Å²) < 4.78 is 26.5. The van der Waals surface area contributed by atoms with E-state index in [1.54, 1.807) is 66.7 Å². The Morgan fingerprint density at radius 2 is 1.69 bits per heavy atom. The molecule has 0 radical (unpaired) electrons. The monoisotopic (exact) mass is 492 g/mol. The third-order valence-electron chi connectivity index (χ3n) is 4.16. The van der Waals surface area contributed by atoms with Gasteiger partial charge in [-0.1, -0.05) is 41.9 Å². The van der Waals surface area contributed by atoms with Gasteiger partial charge in [0.05, 0.1) is 23.5 Å². The van der Waals surface area contributed by atoms with Crippen LogP contribution in [-0.2, 0) is 16.6 Å². The van der Waals surface area contributed by atoms with E-state index >= 15 is 0 Å². The number of rotatable bonds is 6. The highest BCUT2D eigenvalue weighted by Crippen LogP contribution is 2.26. The van der Waals surface area contributed by atoms with Crippen LogP contribution in [0.2, 0.25) is 5.02 Å². The van der Waals surface area contributed by atoms with Crippen molar-refractivity contribution in [3.63, 3.8) is 0 Å². The quantitative estimate of drug-likeness (QED) is 0.505. The lowest BCUT2D eigenvalue weighted by Gasteiger charge is -2.22. The SMILES string of the molecule is CS(=O)(=O)N(Cc1ccc(C(=O)Nc2ccc(Br)c(Cl)c2)cc1)c1ccccc1. The number of carbonyl (C=O) groups excluding carboxylic acids is 1. The van der Waals surface area contributed by atoms with Crippen molar-refractivity contribution in [2.24, 2.45) is 0 Å². The molecule has 0 aliphatic carbocycles. The number of hydrogen-bond donors (Lipinski definition) is 1. The van der Waals surface area contributed by atoms with E-state index in [-0.39, 0.29) is 12.5 Å². The molecule has 0 bridgehead atoms. The fraction of sp³-hybridized carbons (Fsp3) is 0.0952. The molecule has 0 atom stereocenters. The van der Waals surface area contributed by atoms with Gasteiger partial charge in [0.1, 0.15) is 0 Å². The molecule has 0 heterocycles. The normalized spacial score (nSPS) is 11.1. The topological polar surface area (TPSA) is 66.5 Å². The van der Waals surface area contributed by atoms with E-state index in [2.05, 4.69) is 21.2 Å². The number of nitrogens with zero attached hydrogens (tertiary/aromatic N) is 1. The Morgan fingerprint density at radius 3 is 2.28 bits per heavy atom. The van der Waals surface area contributed by atoms with Crippen LogP contribution in [0.5, 0.6) is 0 Å². The molecule has 150 valence electrons. The van der Waals surface area contributed by atoms with Crippen molar-refractivity contribution in [3.05, 3.63) is 93.4 Å². The Morgan fingerprint density at radius 1 is 1.03 bits per heavy atom. The second-order valence-electron chi connectivity index (χ2n) is 6.39. The van der Waals surface area contributed by atoms with Crippen LogP contribution in [0.15, 0.2) is 77.3 Å². The van der Waals surface area contributed by atoms with Gasteiger partial charge >= 0.3 is 0 Å². The first-order chi connectivity index (χ1) is 13.7. The molecule has 3 aromatic rings. The zero-order chi connectivity index (χ0) is 21.0. The summed E-state index contributed by atoms with van der Waals surface area (Å²) in [7, 11) is -3.45. The van der Waals surface area contributed by atoms with E-state index in [4.69, 9.17) is 11.6 Å². The molecule has 0 aliphatic heterocycles. The number of amides is 1. The Kier molecular flexibility index (Phi) is 6.62. The first-order valence-electron chi connectivity index (χ1n) is 8.62. The van der Waals surface area contributed by atoms with E-state index in [9.17, 15) is 13.2 Å². The van der Waals surface area contributed by atoms with Gasteiger partial charge in [0, 0.05) is 15.7 Å². The molecule has 0 unspecified atom stereocenters. The highest BCUT2D eigenvalue weighted by atomic mass is 79.9. The molecule has 5 nitrogen and oxygen atoms in total. The van der Waals surface area contributed by atoms with Gasteiger partial charge in [-0.15, -0.1) is 0 Å². The summed E-state index contributed by atoms with van der Waals surface area (Å²) in [5, 5.41) is 3.29. The number of para-hydroxylation sites is 1. The maximum Gasteiger partial charge on any atom is 0.255 e. The average molecular weight is 494 g/mol. The first kappa shape index (κ1) is 21.4. The predicted molar refractivity (Wildman–Crippen MR) is 121 cm³/mol. The summed E-state index contributed by atoms with van der Waals surface area (Å²) in [6.07, 6.45) is 1.17. The zero-order valence-corrected chi connectivity index (χ0v) is 18.6. The number of anilines is 2. The van der Waals surface area contributed by atoms with E-state index in [0.717, 1.165) is 10.0 Å². The predicted octanol–water partition coefficient (Wildman–Crippen LogP) is 5.32. The number of carbonyl (C=O) groups is 1. The molecule has 0 saturated heterocycles. The van der Waals surface area contributed by atoms with E-state index in [0.29, 0.717) is 22.0 Å². The molecule has 8 heteroatoms. The van der Waals surface area contributed by atoms with Gasteiger partial charge in [-0.3, -0.25) is 9.10 Å². The fourth-order valence-electron chi connectivity index (χ4n) is 2.70. The molecule has 3 aromatic carbocycles. The molecular formula is C21H18BrClN2O3S. The number of hydrogen-bond acceptors (Lipinski definition) is 3. The second-order valence-corrected chi connectivity index (χ2v) is 9.55. The molecule has 29 heavy (non-hydrogen) atoms. The van der Waals surface area contributed by atoms with E-state index in [1.165, 1.54) is 10.6 Å². The molecule has 0 spiro atoms. The van der Waals surface area contributed by atoms with E-state index in [1.807, 2.05) is 6.07 Å². The summed E-state index contributed by atoms with van der Waals surface area (Å²) in [6, 6.07) is 20.8. The standard InChI is InChI=1S/C21H18BrClN2O3S/c1-29(27,28)25(18-5-3-2-4-6-18)14-15-7-9-16(10-8-15)21(26)24-17-11-12-19(22)20(23)13-17/h2-13H,14H2,1H3,(H,24,26). The lowest BCUT2D eigenvalue weighted by Crippen LogP contribution is -2.29. The van der Waals surface area contributed by atoms with Crippen LogP contribution >= 0.6 is 27.5 Å². The number of nitrogens with one attached hydrogen (secondary N) is 1. The van der Waals surface area contributed by atoms with Gasteiger partial charge in [0.15, 0.2) is 0 Å². The summed E-state index contributed by atoms with van der Waals surface area (Å²) in [4.78, 5) is 12.5. The van der Waals surface area contributed by atoms with Gasteiger partial charge in [-0.2, -0.15) is 0 Å². The number of sulfonamides is 1. The Hall–Kier alpha value is -2.35. The van der Waals surface area contributed by atoms with Crippen molar-refractivity contribution in [2.45, 2.75) is 6.54 Å². The van der Waals surface area contributed by atoms with Crippen molar-refractivity contribution in [2.75, 3.05) is 15.9 Å². The van der Waals surface area contributed by atoms with E-state index < -0.39 is 10.0 Å². The van der Waals surface area contributed by atoms with Crippen molar-refractivity contribution >= 4 is 54.8 Å². The Balaban J connectivity index is 1.75. The summed E-state index contributed by atoms with van der Waals surface area (Å²) in [5.74, 6) is -0.280.